The van der Waals surface area contributed by atoms with Gasteiger partial charge in [0.2, 0.25) is 0 Å². The Hall–Kier alpha value is -5.15. The molecule has 7 rings (SSSR count). The summed E-state index contributed by atoms with van der Waals surface area (Å²) in [5.74, 6) is 1.00. The Labute approximate surface area is 302 Å². The van der Waals surface area contributed by atoms with Gasteiger partial charge in [0.1, 0.15) is 6.04 Å². The number of aromatic nitrogens is 2. The minimum Gasteiger partial charge on any atom is -0.493 e. The Balaban J connectivity index is 1.40. The highest BCUT2D eigenvalue weighted by Crippen LogP contribution is 2.42. The van der Waals surface area contributed by atoms with Gasteiger partial charge in [-0.2, -0.15) is 0 Å². The van der Waals surface area contributed by atoms with Gasteiger partial charge in [-0.05, 0) is 81.0 Å². The Morgan fingerprint density at radius 2 is 1.69 bits per heavy atom. The lowest BCUT2D eigenvalue weighted by molar-refractivity contribution is -0.138. The predicted octanol–water partition coefficient (Wildman–Crippen LogP) is 7.41. The summed E-state index contributed by atoms with van der Waals surface area (Å²) >= 11 is 1.30. The lowest BCUT2D eigenvalue weighted by Crippen LogP contribution is -2.40. The molecule has 8 nitrogen and oxygen atoms in total. The zero-order valence-electron chi connectivity index (χ0n) is 29.8. The molecule has 0 spiro atoms. The first kappa shape index (κ1) is 34.3. The monoisotopic (exact) mass is 701 g/mol. The zero-order valence-corrected chi connectivity index (χ0v) is 30.6. The third kappa shape index (κ3) is 6.35. The minimum atomic E-state index is -0.891. The van der Waals surface area contributed by atoms with Crippen molar-refractivity contribution in [2.45, 2.75) is 64.8 Å². The molecule has 1 atom stereocenters. The number of nitrogens with zero attached hydrogens (tertiary/aromatic N) is 3. The summed E-state index contributed by atoms with van der Waals surface area (Å²) in [4.78, 5) is 34.0. The van der Waals surface area contributed by atoms with Gasteiger partial charge in [-0.15, -0.1) is 0 Å². The molecule has 1 aliphatic carbocycles. The topological polar surface area (TPSA) is 84.1 Å². The number of aryl methyl sites for hydroxylation is 1. The van der Waals surface area contributed by atoms with Crippen molar-refractivity contribution in [2.75, 3.05) is 20.8 Å². The second kappa shape index (κ2) is 14.6. The Morgan fingerprint density at radius 1 is 0.941 bits per heavy atom. The van der Waals surface area contributed by atoms with Crippen LogP contribution in [0.3, 0.4) is 0 Å². The third-order valence-electron chi connectivity index (χ3n) is 10.1. The van der Waals surface area contributed by atoms with Crippen molar-refractivity contribution < 1.29 is 19.0 Å². The molecule has 0 radical (unpaired) electrons. The van der Waals surface area contributed by atoms with Crippen LogP contribution in [-0.4, -0.2) is 35.9 Å². The molecule has 0 N–H and O–H groups in total. The molecule has 1 aliphatic heterocycles. The fraction of sp³-hybridized carbons (Fsp3) is 0.310. The van der Waals surface area contributed by atoms with E-state index in [9.17, 15) is 9.59 Å². The SMILES string of the molecule is CCOC(=O)C1=C(c2ccccc2)N=c2sc(=Cc3cc(C)n(-c4ccc(C5CCCCC5)cc4)c3C)c(=O)n2[C@H]1c1cccc(OC)c1OC. The highest BCUT2D eigenvalue weighted by Gasteiger charge is 2.37. The minimum absolute atomic E-state index is 0.162. The number of methoxy groups -OCH3 is 2. The van der Waals surface area contributed by atoms with Gasteiger partial charge < -0.3 is 18.8 Å². The molecular formula is C42H43N3O5S. The van der Waals surface area contributed by atoms with Crippen LogP contribution in [0.4, 0.5) is 0 Å². The van der Waals surface area contributed by atoms with Crippen molar-refractivity contribution in [1.82, 2.24) is 9.13 Å². The first-order chi connectivity index (χ1) is 24.8. The fourth-order valence-electron chi connectivity index (χ4n) is 7.67. The molecule has 5 aromatic rings. The van der Waals surface area contributed by atoms with Crippen molar-refractivity contribution in [3.63, 3.8) is 0 Å². The van der Waals surface area contributed by atoms with Crippen LogP contribution in [-0.2, 0) is 9.53 Å². The van der Waals surface area contributed by atoms with E-state index in [2.05, 4.69) is 48.7 Å². The van der Waals surface area contributed by atoms with E-state index in [0.717, 1.165) is 28.2 Å². The Bertz CT molecular complexity index is 2290. The third-order valence-corrected chi connectivity index (χ3v) is 11.1. The number of hydrogen-bond acceptors (Lipinski definition) is 7. The summed E-state index contributed by atoms with van der Waals surface area (Å²) in [5.41, 5.74) is 7.34. The first-order valence-electron chi connectivity index (χ1n) is 17.6. The number of para-hydroxylation sites is 1. The van der Waals surface area contributed by atoms with Crippen LogP contribution in [0.15, 0.2) is 94.2 Å². The second-order valence-electron chi connectivity index (χ2n) is 13.1. The molecule has 1 fully saturated rings. The van der Waals surface area contributed by atoms with Gasteiger partial charge >= 0.3 is 5.97 Å². The number of carbonyl (C=O) groups excluding carboxylic acids is 1. The van der Waals surface area contributed by atoms with Gasteiger partial charge in [0.05, 0.1) is 36.6 Å². The smallest absolute Gasteiger partial charge is 0.338 e. The summed E-state index contributed by atoms with van der Waals surface area (Å²) in [6.45, 7) is 6.10. The van der Waals surface area contributed by atoms with E-state index >= 15 is 0 Å². The van der Waals surface area contributed by atoms with Crippen LogP contribution in [0, 0.1) is 13.8 Å². The Kier molecular flexibility index (Phi) is 9.82. The number of benzene rings is 3. The molecular weight excluding hydrogens is 659 g/mol. The highest BCUT2D eigenvalue weighted by molar-refractivity contribution is 7.07. The van der Waals surface area contributed by atoms with Gasteiger partial charge in [-0.3, -0.25) is 9.36 Å². The maximum absolute atomic E-state index is 14.6. The van der Waals surface area contributed by atoms with E-state index < -0.39 is 12.0 Å². The maximum atomic E-state index is 14.6. The number of fused-ring (bicyclic) bond motifs is 1. The van der Waals surface area contributed by atoms with Crippen molar-refractivity contribution in [1.29, 1.82) is 0 Å². The van der Waals surface area contributed by atoms with Gasteiger partial charge in [-0.1, -0.05) is 85.2 Å². The summed E-state index contributed by atoms with van der Waals surface area (Å²) in [5, 5.41) is 0. The summed E-state index contributed by atoms with van der Waals surface area (Å²) in [6, 6.07) is 25.2. The summed E-state index contributed by atoms with van der Waals surface area (Å²) in [6.07, 6.45) is 8.43. The van der Waals surface area contributed by atoms with Gasteiger partial charge in [-0.25, -0.2) is 9.79 Å². The standard InChI is InChI=1S/C42H43N3O5S/c1-6-50-41(47)36-37(30-16-11-8-12-17-30)43-42-45(38(36)33-18-13-19-34(48-4)39(33)49-5)40(46)35(51-42)25-31-24-26(2)44(27(31)3)32-22-20-29(21-23-32)28-14-9-7-10-15-28/h8,11-13,16-25,28,38H,6-7,9-10,14-15H2,1-5H3/t38-/m0/s1. The van der Waals surface area contributed by atoms with Crippen LogP contribution >= 0.6 is 11.3 Å². The molecule has 262 valence electrons. The number of hydrogen-bond donors (Lipinski definition) is 0. The molecule has 0 unspecified atom stereocenters. The average Bonchev–Trinajstić information content (AvgIpc) is 3.63. The quantitative estimate of drug-likeness (QED) is 0.150. The van der Waals surface area contributed by atoms with Crippen LogP contribution in [0.5, 0.6) is 11.5 Å². The molecule has 51 heavy (non-hydrogen) atoms. The van der Waals surface area contributed by atoms with E-state index in [1.54, 1.807) is 31.8 Å². The molecule has 9 heteroatoms. The van der Waals surface area contributed by atoms with E-state index in [1.807, 2.05) is 48.5 Å². The van der Waals surface area contributed by atoms with Crippen molar-refractivity contribution in [2.24, 2.45) is 4.99 Å². The van der Waals surface area contributed by atoms with Gasteiger partial charge in [0.15, 0.2) is 16.3 Å². The van der Waals surface area contributed by atoms with E-state index in [-0.39, 0.29) is 17.7 Å². The van der Waals surface area contributed by atoms with Crippen molar-refractivity contribution in [3.05, 3.63) is 138 Å². The Morgan fingerprint density at radius 3 is 2.37 bits per heavy atom. The highest BCUT2D eigenvalue weighted by atomic mass is 32.1. The van der Waals surface area contributed by atoms with Crippen LogP contribution in [0.2, 0.25) is 0 Å². The molecule has 3 heterocycles. The number of carbonyl (C=O) groups is 1. The van der Waals surface area contributed by atoms with Crippen LogP contribution < -0.4 is 24.4 Å². The molecule has 0 saturated heterocycles. The van der Waals surface area contributed by atoms with Gasteiger partial charge in [0, 0.05) is 28.2 Å². The summed E-state index contributed by atoms with van der Waals surface area (Å²) < 4.78 is 21.5. The number of rotatable bonds is 9. The van der Waals surface area contributed by atoms with E-state index in [0.29, 0.717) is 38.0 Å². The average molecular weight is 702 g/mol. The first-order valence-corrected chi connectivity index (χ1v) is 18.4. The molecule has 3 aromatic carbocycles. The van der Waals surface area contributed by atoms with E-state index in [1.165, 1.54) is 49.0 Å². The number of thiazole rings is 1. The van der Waals surface area contributed by atoms with E-state index in [4.69, 9.17) is 19.2 Å². The molecule has 0 amide bonds. The lowest BCUT2D eigenvalue weighted by Gasteiger charge is -2.27. The predicted molar refractivity (Wildman–Crippen MR) is 202 cm³/mol. The molecule has 2 aliphatic rings. The second-order valence-corrected chi connectivity index (χ2v) is 14.1. The molecule has 2 aromatic heterocycles. The van der Waals surface area contributed by atoms with Crippen LogP contribution in [0.1, 0.15) is 84.6 Å². The molecule has 1 saturated carbocycles. The normalized spacial score (nSPS) is 16.5. The lowest BCUT2D eigenvalue weighted by atomic mass is 9.84. The number of ether oxygens (including phenoxy) is 3. The van der Waals surface area contributed by atoms with Crippen LogP contribution in [0.25, 0.3) is 17.5 Å². The van der Waals surface area contributed by atoms with Crippen molar-refractivity contribution in [3.8, 4) is 17.2 Å². The molecule has 0 bridgehead atoms. The largest absolute Gasteiger partial charge is 0.493 e. The summed E-state index contributed by atoms with van der Waals surface area (Å²) in [7, 11) is 3.11. The van der Waals surface area contributed by atoms with Crippen molar-refractivity contribution >= 4 is 29.1 Å². The zero-order chi connectivity index (χ0) is 35.6. The fourth-order valence-corrected chi connectivity index (χ4v) is 8.66. The maximum Gasteiger partial charge on any atom is 0.338 e. The number of esters is 1. The van der Waals surface area contributed by atoms with Gasteiger partial charge in [0.25, 0.3) is 5.56 Å².